The van der Waals surface area contributed by atoms with Crippen LogP contribution in [0.4, 0.5) is 5.69 Å². The molecule has 2 N–H and O–H groups in total. The van der Waals surface area contributed by atoms with Gasteiger partial charge in [0.1, 0.15) is 0 Å². The average Bonchev–Trinajstić information content (AvgIpc) is 2.94. The average molecular weight is 357 g/mol. The molecule has 6 heteroatoms. The summed E-state index contributed by atoms with van der Waals surface area (Å²) in [5.74, 6) is 0.348. The summed E-state index contributed by atoms with van der Waals surface area (Å²) in [7, 11) is 0. The minimum absolute atomic E-state index is 0.132. The Morgan fingerprint density at radius 2 is 1.96 bits per heavy atom. The molecule has 1 aromatic rings. The molecule has 0 unspecified atom stereocenters. The van der Waals surface area contributed by atoms with Gasteiger partial charge in [0.2, 0.25) is 11.8 Å². The van der Waals surface area contributed by atoms with Gasteiger partial charge in [0.15, 0.2) is 0 Å². The fraction of sp³-hybridized carbons (Fsp3) is 0.550. The van der Waals surface area contributed by atoms with E-state index in [1.54, 1.807) is 24.3 Å². The molecule has 26 heavy (non-hydrogen) atoms. The highest BCUT2D eigenvalue weighted by molar-refractivity contribution is 5.97. The van der Waals surface area contributed by atoms with Crippen molar-refractivity contribution in [1.29, 1.82) is 0 Å². The van der Waals surface area contributed by atoms with E-state index in [4.69, 9.17) is 0 Å². The molecular weight excluding hydrogens is 330 g/mol. The van der Waals surface area contributed by atoms with E-state index in [0.29, 0.717) is 30.1 Å². The van der Waals surface area contributed by atoms with E-state index in [1.165, 1.54) is 39.0 Å². The van der Waals surface area contributed by atoms with Gasteiger partial charge < -0.3 is 15.5 Å². The minimum Gasteiger partial charge on any atom is -0.347 e. The maximum Gasteiger partial charge on any atom is 0.251 e. The van der Waals surface area contributed by atoms with Gasteiger partial charge in [-0.3, -0.25) is 14.4 Å². The van der Waals surface area contributed by atoms with E-state index in [-0.39, 0.29) is 23.8 Å². The Hall–Kier alpha value is -2.37. The molecule has 0 spiro atoms. The molecule has 3 amide bonds. The summed E-state index contributed by atoms with van der Waals surface area (Å²) in [5, 5.41) is 5.63. The van der Waals surface area contributed by atoms with Gasteiger partial charge in [0, 0.05) is 37.7 Å². The first-order chi connectivity index (χ1) is 12.5. The molecule has 0 radical (unpaired) electrons. The van der Waals surface area contributed by atoms with Crippen LogP contribution in [0.1, 0.15) is 55.8 Å². The number of rotatable bonds is 5. The van der Waals surface area contributed by atoms with Crippen LogP contribution in [0.25, 0.3) is 0 Å². The van der Waals surface area contributed by atoms with Gasteiger partial charge in [0.05, 0.1) is 6.04 Å². The lowest BCUT2D eigenvalue weighted by molar-refractivity contribution is -0.128. The fourth-order valence-corrected chi connectivity index (χ4v) is 3.94. The topological polar surface area (TPSA) is 78.5 Å². The number of likely N-dealkylation sites (tertiary alicyclic amines) is 1. The third-order valence-electron chi connectivity index (χ3n) is 5.20. The van der Waals surface area contributed by atoms with E-state index in [1.807, 2.05) is 4.90 Å². The molecular formula is C20H27N3O3. The van der Waals surface area contributed by atoms with Crippen LogP contribution >= 0.6 is 0 Å². The van der Waals surface area contributed by atoms with Crippen molar-refractivity contribution in [3.05, 3.63) is 29.8 Å². The van der Waals surface area contributed by atoms with Crippen molar-refractivity contribution >= 4 is 23.4 Å². The zero-order valence-corrected chi connectivity index (χ0v) is 15.3. The summed E-state index contributed by atoms with van der Waals surface area (Å²) < 4.78 is 0. The molecule has 6 nitrogen and oxygen atoms in total. The zero-order chi connectivity index (χ0) is 18.5. The lowest BCUT2D eigenvalue weighted by Crippen LogP contribution is -2.38. The highest BCUT2D eigenvalue weighted by atomic mass is 16.2. The lowest BCUT2D eigenvalue weighted by atomic mass is 9.89. The number of carbonyl (C=O) groups is 3. The van der Waals surface area contributed by atoms with Crippen molar-refractivity contribution in [1.82, 2.24) is 10.2 Å². The Morgan fingerprint density at radius 3 is 2.69 bits per heavy atom. The molecule has 1 heterocycles. The van der Waals surface area contributed by atoms with Gasteiger partial charge in [0.25, 0.3) is 5.91 Å². The number of nitrogens with one attached hydrogen (secondary N) is 2. The third-order valence-corrected chi connectivity index (χ3v) is 5.20. The van der Waals surface area contributed by atoms with E-state index in [2.05, 4.69) is 10.6 Å². The molecule has 1 atom stereocenters. The van der Waals surface area contributed by atoms with Crippen molar-refractivity contribution in [2.45, 2.75) is 51.5 Å². The van der Waals surface area contributed by atoms with E-state index >= 15 is 0 Å². The number of hydrogen-bond donors (Lipinski definition) is 2. The van der Waals surface area contributed by atoms with Crippen LogP contribution in [0.2, 0.25) is 0 Å². The van der Waals surface area contributed by atoms with Gasteiger partial charge in [-0.05, 0) is 37.0 Å². The smallest absolute Gasteiger partial charge is 0.251 e. The van der Waals surface area contributed by atoms with Crippen molar-refractivity contribution in [3.63, 3.8) is 0 Å². The summed E-state index contributed by atoms with van der Waals surface area (Å²) in [4.78, 5) is 37.8. The molecule has 3 rings (SSSR count). The van der Waals surface area contributed by atoms with Crippen LogP contribution in [0.15, 0.2) is 24.3 Å². The molecule has 1 saturated heterocycles. The number of carbonyl (C=O) groups excluding carboxylic acids is 3. The fourth-order valence-electron chi connectivity index (χ4n) is 3.94. The van der Waals surface area contributed by atoms with Gasteiger partial charge >= 0.3 is 0 Å². The van der Waals surface area contributed by atoms with Crippen molar-refractivity contribution in [3.8, 4) is 0 Å². The highest BCUT2D eigenvalue weighted by Crippen LogP contribution is 2.26. The van der Waals surface area contributed by atoms with Gasteiger partial charge in [-0.2, -0.15) is 0 Å². The Labute approximate surface area is 154 Å². The molecule has 140 valence electrons. The molecule has 1 aliphatic heterocycles. The van der Waals surface area contributed by atoms with Gasteiger partial charge in [-0.25, -0.2) is 0 Å². The van der Waals surface area contributed by atoms with E-state index < -0.39 is 0 Å². The van der Waals surface area contributed by atoms with Gasteiger partial charge in [-0.15, -0.1) is 0 Å². The van der Waals surface area contributed by atoms with E-state index in [9.17, 15) is 14.4 Å². The van der Waals surface area contributed by atoms with E-state index in [0.717, 1.165) is 6.54 Å². The maximum atomic E-state index is 12.5. The summed E-state index contributed by atoms with van der Waals surface area (Å²) in [6.45, 7) is 2.84. The van der Waals surface area contributed by atoms with Crippen LogP contribution < -0.4 is 10.6 Å². The quantitative estimate of drug-likeness (QED) is 0.850. The Kier molecular flexibility index (Phi) is 5.91. The first kappa shape index (κ1) is 18.4. The monoisotopic (exact) mass is 357 g/mol. The second-order valence-corrected chi connectivity index (χ2v) is 7.44. The van der Waals surface area contributed by atoms with Crippen LogP contribution in [-0.4, -0.2) is 41.8 Å². The van der Waals surface area contributed by atoms with Crippen molar-refractivity contribution in [2.75, 3.05) is 18.4 Å². The molecule has 0 aromatic heterocycles. The van der Waals surface area contributed by atoms with Crippen molar-refractivity contribution in [2.24, 2.45) is 5.92 Å². The first-order valence-corrected chi connectivity index (χ1v) is 9.47. The largest absolute Gasteiger partial charge is 0.347 e. The molecule has 1 aliphatic carbocycles. The molecule has 2 fully saturated rings. The first-order valence-electron chi connectivity index (χ1n) is 9.47. The number of anilines is 1. The predicted molar refractivity (Wildman–Crippen MR) is 99.8 cm³/mol. The molecule has 1 aromatic carbocycles. The lowest BCUT2D eigenvalue weighted by Gasteiger charge is -2.27. The SMILES string of the molecule is CC(=O)Nc1cccc(C(=O)N[C@@H]2CC(=O)N(CC3CCCCC3)C2)c1. The highest BCUT2D eigenvalue weighted by Gasteiger charge is 2.32. The predicted octanol–water partition coefficient (Wildman–Crippen LogP) is 2.56. The number of hydrogen-bond acceptors (Lipinski definition) is 3. The summed E-state index contributed by atoms with van der Waals surface area (Å²) in [6, 6.07) is 6.67. The Balaban J connectivity index is 1.54. The van der Waals surface area contributed by atoms with Crippen LogP contribution in [0, 0.1) is 5.92 Å². The summed E-state index contributed by atoms with van der Waals surface area (Å²) in [5.41, 5.74) is 1.07. The normalized spacial score (nSPS) is 20.9. The molecule has 2 aliphatic rings. The second kappa shape index (κ2) is 8.34. The maximum absolute atomic E-state index is 12.5. The zero-order valence-electron chi connectivity index (χ0n) is 15.3. The summed E-state index contributed by atoms with van der Waals surface area (Å²) in [6.07, 6.45) is 6.60. The van der Waals surface area contributed by atoms with Crippen LogP contribution in [-0.2, 0) is 9.59 Å². The standard InChI is InChI=1S/C20H27N3O3/c1-14(24)21-17-9-5-8-16(10-17)20(26)22-18-11-19(25)23(13-18)12-15-6-3-2-4-7-15/h5,8-10,15,18H,2-4,6-7,11-13H2,1H3,(H,21,24)(H,22,26)/t18-/m1/s1. The Morgan fingerprint density at radius 1 is 1.19 bits per heavy atom. The minimum atomic E-state index is -0.213. The number of benzene rings is 1. The number of amides is 3. The van der Waals surface area contributed by atoms with Gasteiger partial charge in [-0.1, -0.05) is 25.3 Å². The molecule has 0 bridgehead atoms. The van der Waals surface area contributed by atoms with Crippen LogP contribution in [0.5, 0.6) is 0 Å². The van der Waals surface area contributed by atoms with Crippen molar-refractivity contribution < 1.29 is 14.4 Å². The molecule has 1 saturated carbocycles. The number of nitrogens with zero attached hydrogens (tertiary/aromatic N) is 1. The van der Waals surface area contributed by atoms with Crippen LogP contribution in [0.3, 0.4) is 0 Å². The third kappa shape index (κ3) is 4.84. The second-order valence-electron chi connectivity index (χ2n) is 7.44. The summed E-state index contributed by atoms with van der Waals surface area (Å²) >= 11 is 0. The Bertz CT molecular complexity index is 683.